The lowest BCUT2D eigenvalue weighted by molar-refractivity contribution is 0.0939. The second-order valence-corrected chi connectivity index (χ2v) is 6.34. The summed E-state index contributed by atoms with van der Waals surface area (Å²) in [5, 5.41) is 3.54. The molecule has 1 N–H and O–H groups in total. The molecule has 0 unspecified atom stereocenters. The highest BCUT2D eigenvalue weighted by atomic mass is 35.5. The first-order valence-electron chi connectivity index (χ1n) is 7.46. The zero-order chi connectivity index (χ0) is 16.7. The topological polar surface area (TPSA) is 42.0 Å². The molecule has 0 radical (unpaired) electrons. The van der Waals surface area contributed by atoms with E-state index in [4.69, 9.17) is 23.2 Å². The van der Waals surface area contributed by atoms with Crippen molar-refractivity contribution in [2.24, 2.45) is 0 Å². The first kappa shape index (κ1) is 15.2. The Morgan fingerprint density at radius 3 is 2.08 bits per heavy atom. The lowest BCUT2D eigenvalue weighted by Crippen LogP contribution is -2.29. The van der Waals surface area contributed by atoms with Gasteiger partial charge in [-0.05, 0) is 34.4 Å². The minimum atomic E-state index is -0.348. The Bertz CT molecular complexity index is 910. The standard InChI is InChI=1S/C19H12Cl2N2O/c20-15-9-10-16(21)22-18(15)19(24)23-17-13-7-3-1-5-11(13)12-6-2-4-8-14(12)17/h1-10,17H,(H,23,24). The maximum Gasteiger partial charge on any atom is 0.272 e. The molecule has 0 atom stereocenters. The normalized spacial score (nSPS) is 12.6. The van der Waals surface area contributed by atoms with Crippen molar-refractivity contribution >= 4 is 29.1 Å². The van der Waals surface area contributed by atoms with Gasteiger partial charge in [-0.2, -0.15) is 0 Å². The van der Waals surface area contributed by atoms with Gasteiger partial charge in [0.15, 0.2) is 0 Å². The molecule has 0 saturated carbocycles. The zero-order valence-electron chi connectivity index (χ0n) is 12.5. The molecular formula is C19H12Cl2N2O. The van der Waals surface area contributed by atoms with Crippen LogP contribution in [0.1, 0.15) is 27.7 Å². The van der Waals surface area contributed by atoms with Crippen LogP contribution >= 0.6 is 23.2 Å². The van der Waals surface area contributed by atoms with E-state index in [0.717, 1.165) is 22.3 Å². The summed E-state index contributed by atoms with van der Waals surface area (Å²) in [5.74, 6) is -0.348. The highest BCUT2D eigenvalue weighted by Gasteiger charge is 2.30. The number of pyridine rings is 1. The van der Waals surface area contributed by atoms with E-state index in [2.05, 4.69) is 22.4 Å². The summed E-state index contributed by atoms with van der Waals surface area (Å²) in [6, 6.07) is 19.0. The van der Waals surface area contributed by atoms with Crippen molar-refractivity contribution in [1.29, 1.82) is 0 Å². The van der Waals surface area contributed by atoms with E-state index in [0.29, 0.717) is 0 Å². The van der Waals surface area contributed by atoms with Gasteiger partial charge in [-0.15, -0.1) is 0 Å². The van der Waals surface area contributed by atoms with Gasteiger partial charge >= 0.3 is 0 Å². The molecule has 0 spiro atoms. The number of fused-ring (bicyclic) bond motifs is 3. The van der Waals surface area contributed by atoms with E-state index in [1.807, 2.05) is 36.4 Å². The number of benzene rings is 2. The molecule has 2 aromatic carbocycles. The van der Waals surface area contributed by atoms with Crippen molar-refractivity contribution in [2.75, 3.05) is 0 Å². The summed E-state index contributed by atoms with van der Waals surface area (Å²) < 4.78 is 0. The van der Waals surface area contributed by atoms with E-state index in [1.165, 1.54) is 0 Å². The Hall–Kier alpha value is -2.36. The summed E-state index contributed by atoms with van der Waals surface area (Å²) in [6.45, 7) is 0. The van der Waals surface area contributed by atoms with Crippen LogP contribution in [0.3, 0.4) is 0 Å². The first-order valence-corrected chi connectivity index (χ1v) is 8.22. The van der Waals surface area contributed by atoms with Crippen LogP contribution in [0.25, 0.3) is 11.1 Å². The summed E-state index contributed by atoms with van der Waals surface area (Å²) in [7, 11) is 0. The number of halogens is 2. The molecule has 0 bridgehead atoms. The highest BCUT2D eigenvalue weighted by Crippen LogP contribution is 2.43. The average Bonchev–Trinajstić information content (AvgIpc) is 2.92. The first-order chi connectivity index (χ1) is 11.6. The fourth-order valence-electron chi connectivity index (χ4n) is 3.09. The van der Waals surface area contributed by atoms with Crippen LogP contribution in [-0.2, 0) is 0 Å². The summed E-state index contributed by atoms with van der Waals surface area (Å²) >= 11 is 12.0. The van der Waals surface area contributed by atoms with Crippen LogP contribution in [0, 0.1) is 0 Å². The number of aromatic nitrogens is 1. The molecule has 0 fully saturated rings. The van der Waals surface area contributed by atoms with Gasteiger partial charge in [-0.3, -0.25) is 4.79 Å². The molecule has 0 saturated heterocycles. The number of amides is 1. The molecular weight excluding hydrogens is 343 g/mol. The molecule has 4 rings (SSSR count). The molecule has 1 aromatic heterocycles. The van der Waals surface area contributed by atoms with Gasteiger partial charge < -0.3 is 5.32 Å². The molecule has 1 aliphatic rings. The van der Waals surface area contributed by atoms with Crippen molar-refractivity contribution < 1.29 is 4.79 Å². The van der Waals surface area contributed by atoms with E-state index in [1.54, 1.807) is 12.1 Å². The number of rotatable bonds is 2. The predicted octanol–water partition coefficient (Wildman–Crippen LogP) is 4.89. The van der Waals surface area contributed by atoms with Crippen LogP contribution < -0.4 is 5.32 Å². The predicted molar refractivity (Wildman–Crippen MR) is 95.4 cm³/mol. The Morgan fingerprint density at radius 2 is 1.46 bits per heavy atom. The van der Waals surface area contributed by atoms with Gasteiger partial charge in [0, 0.05) is 0 Å². The highest BCUT2D eigenvalue weighted by molar-refractivity contribution is 6.34. The van der Waals surface area contributed by atoms with Gasteiger partial charge in [0.1, 0.15) is 10.8 Å². The average molecular weight is 355 g/mol. The molecule has 24 heavy (non-hydrogen) atoms. The van der Waals surface area contributed by atoms with Gasteiger partial charge in [0.2, 0.25) is 0 Å². The maximum absolute atomic E-state index is 12.7. The van der Waals surface area contributed by atoms with E-state index < -0.39 is 0 Å². The zero-order valence-corrected chi connectivity index (χ0v) is 14.0. The van der Waals surface area contributed by atoms with Gasteiger partial charge in [0.25, 0.3) is 5.91 Å². The molecule has 1 aliphatic carbocycles. The second-order valence-electron chi connectivity index (χ2n) is 5.55. The largest absolute Gasteiger partial charge is 0.340 e. The van der Waals surface area contributed by atoms with Crippen molar-refractivity contribution in [1.82, 2.24) is 10.3 Å². The van der Waals surface area contributed by atoms with E-state index in [-0.39, 0.29) is 27.8 Å². The fraction of sp³-hybridized carbons (Fsp3) is 0.0526. The minimum absolute atomic E-state index is 0.131. The molecule has 3 aromatic rings. The Labute approximate surface area is 149 Å². The van der Waals surface area contributed by atoms with E-state index >= 15 is 0 Å². The number of hydrogen-bond acceptors (Lipinski definition) is 2. The number of carbonyl (C=O) groups is 1. The lowest BCUT2D eigenvalue weighted by Gasteiger charge is -2.16. The van der Waals surface area contributed by atoms with Gasteiger partial charge in [-0.25, -0.2) is 4.98 Å². The van der Waals surface area contributed by atoms with Crippen molar-refractivity contribution in [3.8, 4) is 11.1 Å². The maximum atomic E-state index is 12.7. The molecule has 1 heterocycles. The smallest absolute Gasteiger partial charge is 0.272 e. The number of carbonyl (C=O) groups excluding carboxylic acids is 1. The van der Waals surface area contributed by atoms with Crippen LogP contribution in [0.5, 0.6) is 0 Å². The summed E-state index contributed by atoms with van der Waals surface area (Å²) in [5.41, 5.74) is 4.51. The van der Waals surface area contributed by atoms with Crippen LogP contribution in [0.15, 0.2) is 60.7 Å². The lowest BCUT2D eigenvalue weighted by atomic mass is 10.1. The van der Waals surface area contributed by atoms with Crippen LogP contribution in [-0.4, -0.2) is 10.9 Å². The van der Waals surface area contributed by atoms with Crippen molar-refractivity contribution in [3.05, 3.63) is 87.7 Å². The Morgan fingerprint density at radius 1 is 0.875 bits per heavy atom. The quantitative estimate of drug-likeness (QED) is 0.665. The van der Waals surface area contributed by atoms with Crippen LogP contribution in [0.4, 0.5) is 0 Å². The third-order valence-electron chi connectivity index (χ3n) is 4.14. The Kier molecular flexibility index (Phi) is 3.75. The molecule has 3 nitrogen and oxygen atoms in total. The third kappa shape index (κ3) is 2.46. The minimum Gasteiger partial charge on any atom is -0.340 e. The molecule has 1 amide bonds. The number of nitrogens with one attached hydrogen (secondary N) is 1. The van der Waals surface area contributed by atoms with Crippen LogP contribution in [0.2, 0.25) is 10.2 Å². The van der Waals surface area contributed by atoms with Crippen molar-refractivity contribution in [3.63, 3.8) is 0 Å². The summed E-state index contributed by atoms with van der Waals surface area (Å²) in [4.78, 5) is 16.7. The molecule has 118 valence electrons. The monoisotopic (exact) mass is 354 g/mol. The number of hydrogen-bond donors (Lipinski definition) is 1. The van der Waals surface area contributed by atoms with Gasteiger partial charge in [0.05, 0.1) is 11.1 Å². The SMILES string of the molecule is O=C(NC1c2ccccc2-c2ccccc21)c1nc(Cl)ccc1Cl. The molecule has 5 heteroatoms. The van der Waals surface area contributed by atoms with Crippen molar-refractivity contribution in [2.45, 2.75) is 6.04 Å². The number of nitrogens with zero attached hydrogens (tertiary/aromatic N) is 1. The molecule has 0 aliphatic heterocycles. The van der Waals surface area contributed by atoms with E-state index in [9.17, 15) is 4.79 Å². The second kappa shape index (κ2) is 5.93. The third-order valence-corrected chi connectivity index (χ3v) is 4.65. The van der Waals surface area contributed by atoms with Gasteiger partial charge in [-0.1, -0.05) is 71.7 Å². The Balaban J connectivity index is 1.75. The fourth-order valence-corrected chi connectivity index (χ4v) is 3.43. The summed E-state index contributed by atoms with van der Waals surface area (Å²) in [6.07, 6.45) is 0.